The van der Waals surface area contributed by atoms with Gasteiger partial charge in [0.15, 0.2) is 0 Å². The van der Waals surface area contributed by atoms with Gasteiger partial charge in [-0.15, -0.1) is 0 Å². The fourth-order valence-corrected chi connectivity index (χ4v) is 3.17. The summed E-state index contributed by atoms with van der Waals surface area (Å²) >= 11 is 0. The first kappa shape index (κ1) is 18.2. The maximum atomic E-state index is 12.3. The molecule has 1 aromatic heterocycles. The van der Waals surface area contributed by atoms with E-state index in [9.17, 15) is 9.59 Å². The van der Waals surface area contributed by atoms with Crippen molar-refractivity contribution in [3.63, 3.8) is 0 Å². The van der Waals surface area contributed by atoms with E-state index in [0.717, 1.165) is 34.8 Å². The van der Waals surface area contributed by atoms with Gasteiger partial charge in [0.1, 0.15) is 11.5 Å². The summed E-state index contributed by atoms with van der Waals surface area (Å²) in [7, 11) is 0. The minimum atomic E-state index is -0.0137. The van der Waals surface area contributed by atoms with Crippen LogP contribution in [0.5, 0.6) is 0 Å². The Balaban J connectivity index is 1.77. The van der Waals surface area contributed by atoms with Crippen molar-refractivity contribution in [1.82, 2.24) is 4.90 Å². The molecule has 1 aliphatic rings. The second kappa shape index (κ2) is 7.77. The van der Waals surface area contributed by atoms with Gasteiger partial charge < -0.3 is 14.6 Å². The van der Waals surface area contributed by atoms with Crippen LogP contribution < -0.4 is 5.32 Å². The van der Waals surface area contributed by atoms with E-state index in [4.69, 9.17) is 4.42 Å². The molecule has 0 saturated heterocycles. The number of carbonyl (C=O) groups is 2. The third-order valence-corrected chi connectivity index (χ3v) is 4.55. The number of carbonyl (C=O) groups excluding carboxylic acids is 2. The Bertz CT molecular complexity index is 807. The van der Waals surface area contributed by atoms with Gasteiger partial charge in [-0.05, 0) is 24.1 Å². The predicted octanol–water partition coefficient (Wildman–Crippen LogP) is 4.23. The van der Waals surface area contributed by atoms with Gasteiger partial charge >= 0.3 is 0 Å². The van der Waals surface area contributed by atoms with E-state index in [1.54, 1.807) is 0 Å². The zero-order valence-electron chi connectivity index (χ0n) is 15.7. The highest BCUT2D eigenvalue weighted by Gasteiger charge is 2.24. The fourth-order valence-electron chi connectivity index (χ4n) is 3.17. The molecule has 26 heavy (non-hydrogen) atoms. The summed E-state index contributed by atoms with van der Waals surface area (Å²) in [4.78, 5) is 25.8. The molecule has 2 amide bonds. The lowest BCUT2D eigenvalue weighted by molar-refractivity contribution is -0.133. The summed E-state index contributed by atoms with van der Waals surface area (Å²) in [6.45, 7) is 7.27. The van der Waals surface area contributed by atoms with Crippen molar-refractivity contribution in [2.24, 2.45) is 5.92 Å². The summed E-state index contributed by atoms with van der Waals surface area (Å²) in [5.74, 6) is 2.29. The van der Waals surface area contributed by atoms with Gasteiger partial charge in [-0.25, -0.2) is 0 Å². The molecule has 3 rings (SSSR count). The van der Waals surface area contributed by atoms with E-state index >= 15 is 0 Å². The second-order valence-electron chi connectivity index (χ2n) is 7.20. The Morgan fingerprint density at radius 2 is 2.08 bits per heavy atom. The van der Waals surface area contributed by atoms with Crippen LogP contribution >= 0.6 is 0 Å². The molecule has 1 aliphatic heterocycles. The molecule has 0 atom stereocenters. The zero-order chi connectivity index (χ0) is 18.7. The summed E-state index contributed by atoms with van der Waals surface area (Å²) < 4.78 is 6.04. The molecule has 5 heteroatoms. The van der Waals surface area contributed by atoms with Gasteiger partial charge in [-0.3, -0.25) is 9.59 Å². The molecule has 0 bridgehead atoms. The Labute approximate surface area is 154 Å². The lowest BCUT2D eigenvalue weighted by Crippen LogP contribution is -2.35. The van der Waals surface area contributed by atoms with Crippen molar-refractivity contribution < 1.29 is 14.0 Å². The molecule has 0 aliphatic carbocycles. The van der Waals surface area contributed by atoms with Crippen molar-refractivity contribution in [1.29, 1.82) is 0 Å². The van der Waals surface area contributed by atoms with Crippen molar-refractivity contribution in [2.75, 3.05) is 11.9 Å². The molecule has 1 aromatic carbocycles. The topological polar surface area (TPSA) is 62.6 Å². The van der Waals surface area contributed by atoms with Crippen LogP contribution in [0.25, 0.3) is 11.3 Å². The number of amides is 2. The first-order chi connectivity index (χ1) is 12.5. The van der Waals surface area contributed by atoms with Crippen molar-refractivity contribution in [3.05, 3.63) is 41.7 Å². The number of benzene rings is 1. The molecule has 0 unspecified atom stereocenters. The van der Waals surface area contributed by atoms with Crippen LogP contribution in [0.2, 0.25) is 0 Å². The smallest absolute Gasteiger partial charge is 0.224 e. The number of nitrogens with zero attached hydrogens (tertiary/aromatic N) is 1. The standard InChI is InChI=1S/C21H26N2O3/c1-4-20(24)22-17-7-5-6-15(11-17)19-12-16-13-23(9-8-18(16)26-19)21(25)10-14(2)3/h5-7,11-12,14H,4,8-10,13H2,1-3H3,(H,22,24). The Morgan fingerprint density at radius 1 is 1.27 bits per heavy atom. The number of anilines is 1. The summed E-state index contributed by atoms with van der Waals surface area (Å²) in [5.41, 5.74) is 2.76. The Kier molecular flexibility index (Phi) is 5.45. The normalized spacial score (nSPS) is 13.6. The third-order valence-electron chi connectivity index (χ3n) is 4.55. The van der Waals surface area contributed by atoms with Gasteiger partial charge in [-0.2, -0.15) is 0 Å². The minimum Gasteiger partial charge on any atom is -0.461 e. The molecule has 1 N–H and O–H groups in total. The van der Waals surface area contributed by atoms with E-state index in [1.807, 2.05) is 42.2 Å². The molecule has 0 radical (unpaired) electrons. The Morgan fingerprint density at radius 3 is 2.81 bits per heavy atom. The van der Waals surface area contributed by atoms with E-state index in [0.29, 0.717) is 31.8 Å². The van der Waals surface area contributed by atoms with E-state index in [-0.39, 0.29) is 11.8 Å². The van der Waals surface area contributed by atoms with Crippen LogP contribution in [0, 0.1) is 5.92 Å². The first-order valence-corrected chi connectivity index (χ1v) is 9.26. The lowest BCUT2D eigenvalue weighted by Gasteiger charge is -2.26. The monoisotopic (exact) mass is 354 g/mol. The number of fused-ring (bicyclic) bond motifs is 1. The molecular formula is C21H26N2O3. The maximum absolute atomic E-state index is 12.3. The average Bonchev–Trinajstić information content (AvgIpc) is 3.04. The van der Waals surface area contributed by atoms with Crippen molar-refractivity contribution in [3.8, 4) is 11.3 Å². The van der Waals surface area contributed by atoms with Crippen LogP contribution in [0.15, 0.2) is 34.7 Å². The Hall–Kier alpha value is -2.56. The fraction of sp³-hybridized carbons (Fsp3) is 0.429. The molecule has 5 nitrogen and oxygen atoms in total. The van der Waals surface area contributed by atoms with E-state index in [2.05, 4.69) is 19.2 Å². The van der Waals surface area contributed by atoms with Gasteiger partial charge in [0.05, 0.1) is 0 Å². The van der Waals surface area contributed by atoms with Gasteiger partial charge in [-0.1, -0.05) is 32.9 Å². The number of hydrogen-bond acceptors (Lipinski definition) is 3. The van der Waals surface area contributed by atoms with Crippen molar-refractivity contribution >= 4 is 17.5 Å². The summed E-state index contributed by atoms with van der Waals surface area (Å²) in [5, 5.41) is 2.87. The van der Waals surface area contributed by atoms with Crippen LogP contribution in [0.4, 0.5) is 5.69 Å². The third kappa shape index (κ3) is 4.15. The highest BCUT2D eigenvalue weighted by Crippen LogP contribution is 2.31. The van der Waals surface area contributed by atoms with Crippen LogP contribution in [0.3, 0.4) is 0 Å². The zero-order valence-corrected chi connectivity index (χ0v) is 15.7. The van der Waals surface area contributed by atoms with Gasteiger partial charge in [0.25, 0.3) is 0 Å². The lowest BCUT2D eigenvalue weighted by atomic mass is 10.0. The van der Waals surface area contributed by atoms with Gasteiger partial charge in [0, 0.05) is 49.2 Å². The number of rotatable bonds is 5. The predicted molar refractivity (Wildman–Crippen MR) is 102 cm³/mol. The number of hydrogen-bond donors (Lipinski definition) is 1. The van der Waals surface area contributed by atoms with Gasteiger partial charge in [0.2, 0.25) is 11.8 Å². The molecule has 2 aromatic rings. The van der Waals surface area contributed by atoms with E-state index in [1.165, 1.54) is 0 Å². The highest BCUT2D eigenvalue weighted by atomic mass is 16.3. The SMILES string of the molecule is CCC(=O)Nc1cccc(-c2cc3c(o2)CCN(C(=O)CC(C)C)C3)c1. The first-order valence-electron chi connectivity index (χ1n) is 9.26. The van der Waals surface area contributed by atoms with E-state index < -0.39 is 0 Å². The molecule has 138 valence electrons. The molecular weight excluding hydrogens is 328 g/mol. The maximum Gasteiger partial charge on any atom is 0.224 e. The number of nitrogens with one attached hydrogen (secondary N) is 1. The minimum absolute atomic E-state index is 0.0137. The summed E-state index contributed by atoms with van der Waals surface area (Å²) in [6, 6.07) is 9.67. The van der Waals surface area contributed by atoms with Crippen LogP contribution in [0.1, 0.15) is 44.9 Å². The molecule has 0 fully saturated rings. The van der Waals surface area contributed by atoms with Crippen LogP contribution in [-0.2, 0) is 22.6 Å². The quantitative estimate of drug-likeness (QED) is 0.874. The summed E-state index contributed by atoms with van der Waals surface area (Å²) in [6.07, 6.45) is 1.77. The highest BCUT2D eigenvalue weighted by molar-refractivity contribution is 5.91. The second-order valence-corrected chi connectivity index (χ2v) is 7.20. The number of furan rings is 1. The van der Waals surface area contributed by atoms with Crippen LogP contribution in [-0.4, -0.2) is 23.3 Å². The van der Waals surface area contributed by atoms with Crippen molar-refractivity contribution in [2.45, 2.75) is 46.6 Å². The molecule has 2 heterocycles. The largest absolute Gasteiger partial charge is 0.461 e. The average molecular weight is 354 g/mol. The molecule has 0 spiro atoms. The molecule has 0 saturated carbocycles.